The molecule has 4 aromatic rings. The third kappa shape index (κ3) is 4.00. The van der Waals surface area contributed by atoms with Crippen LogP contribution in [0.3, 0.4) is 0 Å². The van der Waals surface area contributed by atoms with E-state index < -0.39 is 17.6 Å². The number of aromatic carboxylic acids is 1. The summed E-state index contributed by atoms with van der Waals surface area (Å²) in [4.78, 5) is 19.3. The molecule has 0 aliphatic carbocycles. The van der Waals surface area contributed by atoms with Gasteiger partial charge in [-0.2, -0.15) is 5.26 Å². The van der Waals surface area contributed by atoms with Gasteiger partial charge in [-0.1, -0.05) is 18.2 Å². The van der Waals surface area contributed by atoms with Crippen LogP contribution < -0.4 is 9.47 Å². The van der Waals surface area contributed by atoms with Crippen LogP contribution in [-0.4, -0.2) is 38.6 Å². The minimum atomic E-state index is -1.34. The van der Waals surface area contributed by atoms with Crippen molar-refractivity contribution in [3.8, 4) is 17.6 Å². The second-order valence-corrected chi connectivity index (χ2v) is 10.5. The van der Waals surface area contributed by atoms with E-state index in [0.29, 0.717) is 30.1 Å². The molecule has 10 heteroatoms. The van der Waals surface area contributed by atoms with E-state index in [4.69, 9.17) is 14.7 Å². The summed E-state index contributed by atoms with van der Waals surface area (Å²) >= 11 is 1.23. The van der Waals surface area contributed by atoms with Crippen molar-refractivity contribution in [2.45, 2.75) is 25.7 Å². The van der Waals surface area contributed by atoms with Gasteiger partial charge in [-0.15, -0.1) is 11.3 Å². The van der Waals surface area contributed by atoms with Crippen molar-refractivity contribution < 1.29 is 23.8 Å². The minimum Gasteiger partial charge on any atom is -0.477 e. The first kappa shape index (κ1) is 24.2. The number of carbonyl (C=O) groups is 1. The van der Waals surface area contributed by atoms with Crippen LogP contribution in [0.2, 0.25) is 0 Å². The van der Waals surface area contributed by atoms with Crippen molar-refractivity contribution >= 4 is 33.2 Å². The molecule has 0 unspecified atom stereocenters. The smallest absolute Gasteiger partial charge is 0.346 e. The highest BCUT2D eigenvalue weighted by atomic mass is 32.1. The van der Waals surface area contributed by atoms with Gasteiger partial charge in [-0.3, -0.25) is 4.90 Å². The average Bonchev–Trinajstić information content (AvgIpc) is 3.56. The molecule has 2 aliphatic rings. The fraction of sp³-hybridized carbons (Fsp3) is 0.250. The summed E-state index contributed by atoms with van der Waals surface area (Å²) in [5.74, 6) is -0.821. The molecule has 0 radical (unpaired) electrons. The van der Waals surface area contributed by atoms with Gasteiger partial charge in [0, 0.05) is 32.6 Å². The molecule has 2 aliphatic heterocycles. The van der Waals surface area contributed by atoms with Crippen LogP contribution in [0.4, 0.5) is 4.39 Å². The third-order valence-corrected chi connectivity index (χ3v) is 8.21. The summed E-state index contributed by atoms with van der Waals surface area (Å²) in [6, 6.07) is 13.5. The molecule has 0 saturated carbocycles. The molecule has 192 valence electrons. The fourth-order valence-corrected chi connectivity index (χ4v) is 5.93. The van der Waals surface area contributed by atoms with Crippen LogP contribution in [0.25, 0.3) is 15.9 Å². The first-order valence-corrected chi connectivity index (χ1v) is 12.9. The van der Waals surface area contributed by atoms with Crippen LogP contribution in [0, 0.1) is 17.1 Å². The zero-order valence-corrected chi connectivity index (χ0v) is 21.5. The van der Waals surface area contributed by atoms with Gasteiger partial charge in [0.15, 0.2) is 11.5 Å². The number of benzene rings is 2. The Kier molecular flexibility index (Phi) is 5.70. The van der Waals surface area contributed by atoms with Crippen LogP contribution >= 0.6 is 11.3 Å². The highest BCUT2D eigenvalue weighted by Gasteiger charge is 2.42. The van der Waals surface area contributed by atoms with Crippen LogP contribution in [-0.2, 0) is 19.4 Å². The lowest BCUT2D eigenvalue weighted by atomic mass is 9.98. The van der Waals surface area contributed by atoms with Crippen molar-refractivity contribution in [2.75, 3.05) is 13.1 Å². The predicted molar refractivity (Wildman–Crippen MR) is 140 cm³/mol. The maximum atomic E-state index is 14.8. The van der Waals surface area contributed by atoms with E-state index in [9.17, 15) is 14.3 Å². The Morgan fingerprint density at radius 1 is 1.29 bits per heavy atom. The molecular weight excluding hydrogens is 507 g/mol. The average molecular weight is 531 g/mol. The number of hydrogen-bond donors (Lipinski definition) is 1. The van der Waals surface area contributed by atoms with Gasteiger partial charge in [0.1, 0.15) is 26.9 Å². The number of carboxylic acids is 1. The summed E-state index contributed by atoms with van der Waals surface area (Å²) in [5, 5.41) is 18.3. The number of hydrogen-bond acceptors (Lipinski definition) is 7. The maximum absolute atomic E-state index is 14.8. The lowest BCUT2D eigenvalue weighted by Gasteiger charge is -2.27. The first-order valence-electron chi connectivity index (χ1n) is 12.1. The van der Waals surface area contributed by atoms with Gasteiger partial charge in [0.25, 0.3) is 5.79 Å². The molecule has 2 aromatic heterocycles. The summed E-state index contributed by atoms with van der Waals surface area (Å²) in [6.45, 7) is 3.84. The van der Waals surface area contributed by atoms with Crippen molar-refractivity contribution in [3.63, 3.8) is 0 Å². The number of nitrogens with zero attached hydrogens (tertiary/aromatic N) is 4. The van der Waals surface area contributed by atoms with Gasteiger partial charge in [-0.05, 0) is 42.3 Å². The Morgan fingerprint density at radius 2 is 2.13 bits per heavy atom. The number of thiophene rings is 1. The molecule has 0 bridgehead atoms. The highest BCUT2D eigenvalue weighted by molar-refractivity contribution is 7.20. The van der Waals surface area contributed by atoms with Crippen molar-refractivity contribution in [2.24, 2.45) is 7.05 Å². The van der Waals surface area contributed by atoms with E-state index in [1.807, 2.05) is 35.9 Å². The molecule has 6 rings (SSSR count). The lowest BCUT2D eigenvalue weighted by molar-refractivity contribution is -0.0708. The zero-order chi connectivity index (χ0) is 26.6. The molecule has 0 spiro atoms. The molecular formula is C28H23FN4O4S. The van der Waals surface area contributed by atoms with Crippen molar-refractivity contribution in [1.82, 2.24) is 14.5 Å². The number of aryl methyl sites for hydroxylation is 1. The number of para-hydroxylation sites is 1. The second-order valence-electron chi connectivity index (χ2n) is 9.50. The Bertz CT molecular complexity index is 1680. The van der Waals surface area contributed by atoms with Gasteiger partial charge < -0.3 is 19.1 Å². The first-order chi connectivity index (χ1) is 18.3. The molecule has 0 saturated heterocycles. The summed E-state index contributed by atoms with van der Waals surface area (Å²) in [6.07, 6.45) is 2.94. The van der Waals surface area contributed by atoms with Gasteiger partial charge in [-0.25, -0.2) is 14.2 Å². The number of ether oxygens (including phenoxy) is 2. The summed E-state index contributed by atoms with van der Waals surface area (Å²) < 4.78 is 29.1. The number of nitriles is 1. The maximum Gasteiger partial charge on any atom is 0.346 e. The molecule has 38 heavy (non-hydrogen) atoms. The van der Waals surface area contributed by atoms with Crippen LogP contribution in [0.5, 0.6) is 11.5 Å². The molecule has 8 nitrogen and oxygen atoms in total. The normalized spacial score (nSPS) is 18.9. The highest BCUT2D eigenvalue weighted by Crippen LogP contribution is 2.49. The predicted octanol–water partition coefficient (Wildman–Crippen LogP) is 5.28. The number of imidazole rings is 1. The van der Waals surface area contributed by atoms with E-state index in [2.05, 4.69) is 16.0 Å². The van der Waals surface area contributed by atoms with Crippen molar-refractivity contribution in [3.05, 3.63) is 81.7 Å². The summed E-state index contributed by atoms with van der Waals surface area (Å²) in [7, 11) is 1.91. The van der Waals surface area contributed by atoms with Crippen molar-refractivity contribution in [1.29, 1.82) is 5.26 Å². The van der Waals surface area contributed by atoms with E-state index in [1.54, 1.807) is 19.1 Å². The number of fused-ring (bicyclic) bond motifs is 2. The number of halogens is 1. The van der Waals surface area contributed by atoms with E-state index in [1.165, 1.54) is 23.5 Å². The van der Waals surface area contributed by atoms with Gasteiger partial charge >= 0.3 is 5.97 Å². The van der Waals surface area contributed by atoms with Gasteiger partial charge in [0.05, 0.1) is 23.7 Å². The Hall–Kier alpha value is -4.20. The van der Waals surface area contributed by atoms with E-state index in [-0.39, 0.29) is 16.0 Å². The van der Waals surface area contributed by atoms with Gasteiger partial charge in [0.2, 0.25) is 0 Å². The molecule has 1 N–H and O–H groups in total. The number of rotatable bonds is 5. The minimum absolute atomic E-state index is 0.230. The van der Waals surface area contributed by atoms with E-state index >= 15 is 0 Å². The molecule has 4 heterocycles. The molecule has 1 atom stereocenters. The SMILES string of the molecule is Cn1c(CN2CC=C(c3cccc4c3O[C@@](C)(c3ccc(C#N)cc3F)O4)CC2)nc2cc(C(=O)O)sc21. The Morgan fingerprint density at radius 3 is 2.82 bits per heavy atom. The monoisotopic (exact) mass is 530 g/mol. The Labute approximate surface area is 221 Å². The molecule has 0 amide bonds. The largest absolute Gasteiger partial charge is 0.477 e. The second kappa shape index (κ2) is 8.97. The summed E-state index contributed by atoms with van der Waals surface area (Å²) in [5.41, 5.74) is 3.21. The lowest BCUT2D eigenvalue weighted by Crippen LogP contribution is -2.33. The van der Waals surface area contributed by atoms with E-state index in [0.717, 1.165) is 34.8 Å². The number of aromatic nitrogens is 2. The quantitative estimate of drug-likeness (QED) is 0.375. The zero-order valence-electron chi connectivity index (χ0n) is 20.7. The molecule has 2 aromatic carbocycles. The number of carboxylic acid groups (broad SMARTS) is 1. The standard InChI is InChI=1S/C28H23FN4O4S/c1-28(19-7-6-16(14-30)12-20(19)29)36-22-5-3-4-18(25(22)37-28)17-8-10-33(11-9-17)15-24-31-21-13-23(27(34)35)38-26(21)32(24)2/h3-8,12-13H,9-11,15H2,1-2H3,(H,34,35)/t28-/m0/s1. The van der Waals surface area contributed by atoms with Crippen LogP contribution in [0.1, 0.15) is 45.5 Å². The fourth-order valence-electron chi connectivity index (χ4n) is 5.01. The van der Waals surface area contributed by atoms with Crippen LogP contribution in [0.15, 0.2) is 48.5 Å². The molecule has 0 fully saturated rings. The third-order valence-electron chi connectivity index (χ3n) is 7.02. The topological polar surface area (TPSA) is 101 Å². The Balaban J connectivity index is 1.20.